The van der Waals surface area contributed by atoms with Crippen molar-refractivity contribution in [3.63, 3.8) is 0 Å². The van der Waals surface area contributed by atoms with Gasteiger partial charge in [-0.1, -0.05) is 0 Å². The molecule has 0 aromatic heterocycles. The van der Waals surface area contributed by atoms with E-state index in [1.807, 2.05) is 0 Å². The predicted molar refractivity (Wildman–Crippen MR) is 95.6 cm³/mol. The van der Waals surface area contributed by atoms with E-state index in [0.29, 0.717) is 21.9 Å². The number of carboxylic acids is 1. The Morgan fingerprint density at radius 3 is 2.29 bits per heavy atom. The van der Waals surface area contributed by atoms with Crippen molar-refractivity contribution in [1.82, 2.24) is 0 Å². The van der Waals surface area contributed by atoms with Gasteiger partial charge in [-0.2, -0.15) is 0 Å². The third-order valence-corrected chi connectivity index (χ3v) is 5.96. The number of ketones is 1. The van der Waals surface area contributed by atoms with Crippen LogP contribution in [0.25, 0.3) is 0 Å². The van der Waals surface area contributed by atoms with Crippen LogP contribution in [0, 0.1) is 0 Å². The van der Waals surface area contributed by atoms with Gasteiger partial charge in [0.2, 0.25) is 0 Å². The zero-order chi connectivity index (χ0) is 17.9. The molecule has 0 heterocycles. The topological polar surface area (TPSA) is 72.8 Å². The van der Waals surface area contributed by atoms with Gasteiger partial charge in [0.05, 0.1) is 0 Å². The van der Waals surface area contributed by atoms with Crippen LogP contribution in [0.15, 0.2) is 30.3 Å². The fraction of sp³-hybridized carbons (Fsp3) is 0.176. The van der Waals surface area contributed by atoms with E-state index in [0.717, 1.165) is 4.40 Å². The molecule has 0 bridgehead atoms. The van der Waals surface area contributed by atoms with Gasteiger partial charge in [-0.25, -0.2) is 0 Å². The van der Waals surface area contributed by atoms with Crippen LogP contribution in [0.2, 0.25) is 5.02 Å². The van der Waals surface area contributed by atoms with E-state index < -0.39 is 5.97 Å². The summed E-state index contributed by atoms with van der Waals surface area (Å²) in [6, 6.07) is 8.08. The molecule has 2 rings (SSSR count). The Hall–Kier alpha value is -1.99. The summed E-state index contributed by atoms with van der Waals surface area (Å²) in [5, 5.41) is 10.1. The number of hydrogen-bond donors (Lipinski definition) is 1. The summed E-state index contributed by atoms with van der Waals surface area (Å²) in [5.41, 5.74) is 0.847. The minimum atomic E-state index is -1.13. The second-order valence-electron chi connectivity index (χ2n) is 5.18. The molecule has 24 heavy (non-hydrogen) atoms. The van der Waals surface area contributed by atoms with Crippen molar-refractivity contribution in [2.45, 2.75) is 6.42 Å². The number of carbonyl (C=O) groups is 2. The number of carbonyl (C=O) groups excluding carboxylic acids is 1. The third-order valence-electron chi connectivity index (χ3n) is 3.72. The maximum atomic E-state index is 12.5. The molecule has 0 aliphatic rings. The number of Topliss-reactive ketones (excluding diaryl/α,β-unsaturated/α-hetero) is 1. The summed E-state index contributed by atoms with van der Waals surface area (Å²) in [6.07, 6.45) is -0.0662. The van der Waals surface area contributed by atoms with Crippen molar-refractivity contribution in [3.05, 3.63) is 52.0 Å². The summed E-state index contributed by atoms with van der Waals surface area (Å²) in [6.45, 7) is 0. The maximum absolute atomic E-state index is 12.5. The molecule has 0 aliphatic carbocycles. The van der Waals surface area contributed by atoms with E-state index in [1.165, 1.54) is 14.2 Å². The molecule has 0 aliphatic heterocycles. The van der Waals surface area contributed by atoms with Crippen molar-refractivity contribution in [3.8, 4) is 11.5 Å². The van der Waals surface area contributed by atoms with Crippen LogP contribution in [0.5, 0.6) is 11.5 Å². The number of aromatic carboxylic acids is 1. The van der Waals surface area contributed by atoms with Crippen molar-refractivity contribution in [1.29, 1.82) is 0 Å². The summed E-state index contributed by atoms with van der Waals surface area (Å²) in [7, 11) is 2.93. The van der Waals surface area contributed by atoms with Crippen LogP contribution in [0.1, 0.15) is 26.3 Å². The number of ether oxygens (including phenoxy) is 2. The molecule has 0 unspecified atom stereocenters. The quantitative estimate of drug-likeness (QED) is 0.578. The first-order chi connectivity index (χ1) is 11.4. The van der Waals surface area contributed by atoms with Crippen molar-refractivity contribution < 1.29 is 24.2 Å². The second kappa shape index (κ2) is 7.72. The van der Waals surface area contributed by atoms with Gasteiger partial charge >= 0.3 is 153 Å². The van der Waals surface area contributed by atoms with E-state index >= 15 is 0 Å². The number of hydrogen-bond acceptors (Lipinski definition) is 4. The van der Waals surface area contributed by atoms with E-state index in [2.05, 4.69) is 0 Å². The van der Waals surface area contributed by atoms with Crippen LogP contribution in [0.4, 0.5) is 0 Å². The molecule has 2 aromatic carbocycles. The molecule has 0 saturated heterocycles. The number of methoxy groups -OCH3 is 2. The van der Waals surface area contributed by atoms with Crippen LogP contribution in [-0.2, 0) is 6.42 Å². The van der Waals surface area contributed by atoms with Crippen molar-refractivity contribution in [2.24, 2.45) is 0 Å². The molecule has 7 heteroatoms. The number of carboxylic acid groups (broad SMARTS) is 1. The average molecular weight is 409 g/mol. The van der Waals surface area contributed by atoms with Crippen molar-refractivity contribution in [2.75, 3.05) is 14.2 Å². The molecular weight excluding hydrogens is 392 g/mol. The Bertz CT molecular complexity index is 787. The van der Waals surface area contributed by atoms with Crippen LogP contribution in [-0.4, -0.2) is 47.6 Å². The Morgan fingerprint density at radius 1 is 1.17 bits per heavy atom. The first kappa shape index (κ1) is 18.4. The number of rotatable bonds is 6. The summed E-state index contributed by atoms with van der Waals surface area (Å²) >= 11 is 5.97. The molecule has 0 fully saturated rings. The van der Waals surface area contributed by atoms with Crippen LogP contribution >= 0.6 is 11.6 Å². The third kappa shape index (κ3) is 3.73. The van der Waals surface area contributed by atoms with Crippen molar-refractivity contribution >= 4 is 44.3 Å². The second-order valence-corrected chi connectivity index (χ2v) is 7.72. The minimum absolute atomic E-state index is 0.0174. The summed E-state index contributed by atoms with van der Waals surface area (Å²) in [5.74, 6) is -0.501. The Morgan fingerprint density at radius 2 is 1.79 bits per heavy atom. The average Bonchev–Trinajstić information content (AvgIpc) is 2.55. The fourth-order valence-electron chi connectivity index (χ4n) is 2.54. The van der Waals surface area contributed by atoms with E-state index in [-0.39, 0.29) is 40.0 Å². The van der Waals surface area contributed by atoms with Crippen LogP contribution < -0.4 is 13.9 Å². The van der Waals surface area contributed by atoms with E-state index in [4.69, 9.17) is 21.1 Å². The van der Waals surface area contributed by atoms with Gasteiger partial charge in [-0.15, -0.1) is 0 Å². The Labute approximate surface area is 152 Å². The van der Waals surface area contributed by atoms with Gasteiger partial charge in [-0.05, 0) is 0 Å². The molecule has 126 valence electrons. The first-order valence-corrected chi connectivity index (χ1v) is 9.63. The first-order valence-electron chi connectivity index (χ1n) is 7.15. The Kier molecular flexibility index (Phi) is 5.91. The number of benzene rings is 2. The molecular formula is C17H17ClGeO5. The Balaban J connectivity index is 2.50. The van der Waals surface area contributed by atoms with Gasteiger partial charge in [0, 0.05) is 0 Å². The van der Waals surface area contributed by atoms with E-state index in [9.17, 15) is 14.7 Å². The zero-order valence-corrected chi connectivity index (χ0v) is 18.5. The molecule has 0 amide bonds. The normalized spacial score (nSPS) is 10.5. The summed E-state index contributed by atoms with van der Waals surface area (Å²) in [4.78, 5) is 24.2. The SMILES string of the molecule is COc1cc(CC(=O)c2ccc(Cl)cc2)c(C(=O)O)c(OC)[c]1[GeH3]. The standard InChI is InChI=1S/C17H17ClGeO5/c1-23-13-8-10(14(17(21)22)16(24-2)15(13)19)7-12(20)9-3-5-11(18)6-4-9/h3-6,8H,7H2,1-2,19H3,(H,21,22). The van der Waals surface area contributed by atoms with Crippen LogP contribution in [0.3, 0.4) is 0 Å². The van der Waals surface area contributed by atoms with E-state index in [1.54, 1.807) is 30.3 Å². The summed E-state index contributed by atoms with van der Waals surface area (Å²) < 4.78 is 11.3. The van der Waals surface area contributed by atoms with Gasteiger partial charge in [0.15, 0.2) is 0 Å². The van der Waals surface area contributed by atoms with Gasteiger partial charge in [-0.3, -0.25) is 0 Å². The molecule has 0 atom stereocenters. The molecule has 1 N–H and O–H groups in total. The molecule has 5 nitrogen and oxygen atoms in total. The van der Waals surface area contributed by atoms with Gasteiger partial charge < -0.3 is 0 Å². The number of halogens is 1. The van der Waals surface area contributed by atoms with Gasteiger partial charge in [0.25, 0.3) is 0 Å². The molecule has 0 radical (unpaired) electrons. The fourth-order valence-corrected chi connectivity index (χ4v) is 4.35. The molecule has 0 saturated carbocycles. The molecule has 2 aromatic rings. The van der Waals surface area contributed by atoms with Gasteiger partial charge in [0.1, 0.15) is 0 Å². The zero-order valence-electron chi connectivity index (χ0n) is 13.6. The predicted octanol–water partition coefficient (Wildman–Crippen LogP) is 1.47. The monoisotopic (exact) mass is 410 g/mol. The molecule has 0 spiro atoms.